The summed E-state index contributed by atoms with van der Waals surface area (Å²) in [4.78, 5) is 4.42. The van der Waals surface area contributed by atoms with Gasteiger partial charge in [-0.3, -0.25) is 0 Å². The standard InChI is InChI=1S/C19H21N3O6S/c1-22(29(23,24)15-8-6-14(25-2)7-9-15)12-18-20-19(21-28-18)13-5-10-16(26-3)17(11-13)27-4/h5-11H,12H2,1-4H3. The molecule has 0 unspecified atom stereocenters. The predicted octanol–water partition coefficient (Wildman–Crippen LogP) is 2.58. The maximum atomic E-state index is 12.7. The van der Waals surface area contributed by atoms with Crippen molar-refractivity contribution in [3.63, 3.8) is 0 Å². The van der Waals surface area contributed by atoms with Crippen LogP contribution in [0.5, 0.6) is 17.2 Å². The number of nitrogens with zero attached hydrogens (tertiary/aromatic N) is 3. The predicted molar refractivity (Wildman–Crippen MR) is 104 cm³/mol. The average Bonchev–Trinajstić information content (AvgIpc) is 3.21. The van der Waals surface area contributed by atoms with E-state index in [1.54, 1.807) is 37.4 Å². The first-order chi connectivity index (χ1) is 13.9. The Bertz CT molecular complexity index is 1080. The van der Waals surface area contributed by atoms with E-state index in [0.29, 0.717) is 28.6 Å². The minimum atomic E-state index is -3.72. The van der Waals surface area contributed by atoms with Crippen molar-refractivity contribution in [3.05, 3.63) is 48.4 Å². The van der Waals surface area contributed by atoms with E-state index in [4.69, 9.17) is 18.7 Å². The van der Waals surface area contributed by atoms with Crippen molar-refractivity contribution in [1.29, 1.82) is 0 Å². The van der Waals surface area contributed by atoms with Gasteiger partial charge in [0.2, 0.25) is 21.7 Å². The van der Waals surface area contributed by atoms with Crippen molar-refractivity contribution in [2.75, 3.05) is 28.4 Å². The van der Waals surface area contributed by atoms with Crippen LogP contribution in [-0.2, 0) is 16.6 Å². The first kappa shape index (κ1) is 20.6. The highest BCUT2D eigenvalue weighted by Crippen LogP contribution is 2.31. The first-order valence-corrected chi connectivity index (χ1v) is 9.98. The Morgan fingerprint density at radius 2 is 1.66 bits per heavy atom. The smallest absolute Gasteiger partial charge is 0.243 e. The van der Waals surface area contributed by atoms with E-state index >= 15 is 0 Å². The van der Waals surface area contributed by atoms with E-state index in [0.717, 1.165) is 4.31 Å². The largest absolute Gasteiger partial charge is 0.497 e. The number of rotatable bonds is 8. The van der Waals surface area contributed by atoms with Crippen molar-refractivity contribution in [2.45, 2.75) is 11.4 Å². The Labute approximate surface area is 168 Å². The van der Waals surface area contributed by atoms with Crippen LogP contribution in [0.4, 0.5) is 0 Å². The molecule has 1 aromatic heterocycles. The third-order valence-electron chi connectivity index (χ3n) is 4.24. The highest BCUT2D eigenvalue weighted by atomic mass is 32.2. The zero-order valence-corrected chi connectivity index (χ0v) is 17.3. The molecule has 0 fully saturated rings. The number of hydrogen-bond donors (Lipinski definition) is 0. The summed E-state index contributed by atoms with van der Waals surface area (Å²) in [5, 5.41) is 3.93. The van der Waals surface area contributed by atoms with Crippen molar-refractivity contribution >= 4 is 10.0 Å². The molecule has 0 saturated heterocycles. The lowest BCUT2D eigenvalue weighted by molar-refractivity contribution is 0.336. The van der Waals surface area contributed by atoms with Gasteiger partial charge >= 0.3 is 0 Å². The molecule has 0 atom stereocenters. The van der Waals surface area contributed by atoms with Crippen molar-refractivity contribution in [2.24, 2.45) is 0 Å². The number of ether oxygens (including phenoxy) is 3. The van der Waals surface area contributed by atoms with E-state index in [9.17, 15) is 8.42 Å². The summed E-state index contributed by atoms with van der Waals surface area (Å²) < 4.78 is 47.4. The zero-order chi connectivity index (χ0) is 21.0. The Hall–Kier alpha value is -3.11. The van der Waals surface area contributed by atoms with E-state index in [1.165, 1.54) is 33.4 Å². The van der Waals surface area contributed by atoms with Crippen LogP contribution in [0.1, 0.15) is 5.89 Å². The quantitative estimate of drug-likeness (QED) is 0.549. The molecule has 3 rings (SSSR count). The molecule has 0 aliphatic carbocycles. The second-order valence-electron chi connectivity index (χ2n) is 6.02. The van der Waals surface area contributed by atoms with Crippen LogP contribution in [-0.4, -0.2) is 51.2 Å². The van der Waals surface area contributed by atoms with E-state index in [1.807, 2.05) is 0 Å². The van der Waals surface area contributed by atoms with Crippen LogP contribution >= 0.6 is 0 Å². The molecule has 29 heavy (non-hydrogen) atoms. The Kier molecular flexibility index (Phi) is 6.04. The summed E-state index contributed by atoms with van der Waals surface area (Å²) in [7, 11) is 2.31. The lowest BCUT2D eigenvalue weighted by Crippen LogP contribution is -2.26. The summed E-state index contributed by atoms with van der Waals surface area (Å²) in [5.74, 6) is 2.15. The molecule has 9 nitrogen and oxygen atoms in total. The van der Waals surface area contributed by atoms with Crippen LogP contribution < -0.4 is 14.2 Å². The maximum Gasteiger partial charge on any atom is 0.243 e. The normalized spacial score (nSPS) is 11.5. The second-order valence-corrected chi connectivity index (χ2v) is 8.06. The van der Waals surface area contributed by atoms with E-state index in [2.05, 4.69) is 10.1 Å². The first-order valence-electron chi connectivity index (χ1n) is 8.54. The van der Waals surface area contributed by atoms with Crippen LogP contribution in [0.15, 0.2) is 51.9 Å². The summed E-state index contributed by atoms with van der Waals surface area (Å²) in [6.45, 7) is -0.0747. The minimum Gasteiger partial charge on any atom is -0.497 e. The fourth-order valence-corrected chi connectivity index (χ4v) is 3.74. The average molecular weight is 419 g/mol. The lowest BCUT2D eigenvalue weighted by atomic mass is 10.2. The van der Waals surface area contributed by atoms with Crippen molar-refractivity contribution in [1.82, 2.24) is 14.4 Å². The summed E-state index contributed by atoms with van der Waals surface area (Å²) in [5.41, 5.74) is 0.651. The highest BCUT2D eigenvalue weighted by molar-refractivity contribution is 7.89. The molecule has 0 aliphatic rings. The van der Waals surface area contributed by atoms with Gasteiger partial charge in [-0.25, -0.2) is 8.42 Å². The fourth-order valence-electron chi connectivity index (χ4n) is 2.61. The molecular weight excluding hydrogens is 398 g/mol. The van der Waals surface area contributed by atoms with Gasteiger partial charge in [0, 0.05) is 12.6 Å². The molecule has 0 aliphatic heterocycles. The molecule has 0 bridgehead atoms. The summed E-state index contributed by atoms with van der Waals surface area (Å²) in [6.07, 6.45) is 0. The minimum absolute atomic E-state index is 0.0747. The Morgan fingerprint density at radius 1 is 0.966 bits per heavy atom. The third kappa shape index (κ3) is 4.33. The van der Waals surface area contributed by atoms with Gasteiger partial charge in [-0.2, -0.15) is 9.29 Å². The Balaban J connectivity index is 1.78. The Morgan fingerprint density at radius 3 is 2.28 bits per heavy atom. The molecule has 3 aromatic rings. The van der Waals surface area contributed by atoms with Gasteiger partial charge in [-0.05, 0) is 42.5 Å². The van der Waals surface area contributed by atoms with E-state index in [-0.39, 0.29) is 17.3 Å². The topological polar surface area (TPSA) is 104 Å². The van der Waals surface area contributed by atoms with E-state index < -0.39 is 10.0 Å². The van der Waals surface area contributed by atoms with Crippen LogP contribution in [0.25, 0.3) is 11.4 Å². The number of benzene rings is 2. The van der Waals surface area contributed by atoms with Crippen LogP contribution in [0.3, 0.4) is 0 Å². The summed E-state index contributed by atoms with van der Waals surface area (Å²) in [6, 6.07) is 11.3. The molecule has 10 heteroatoms. The molecule has 154 valence electrons. The molecule has 0 N–H and O–H groups in total. The lowest BCUT2D eigenvalue weighted by Gasteiger charge is -2.15. The number of aromatic nitrogens is 2. The van der Waals surface area contributed by atoms with Gasteiger partial charge in [0.1, 0.15) is 5.75 Å². The van der Waals surface area contributed by atoms with Gasteiger partial charge in [0.15, 0.2) is 11.5 Å². The van der Waals surface area contributed by atoms with Crippen LogP contribution in [0, 0.1) is 0 Å². The molecule has 0 saturated carbocycles. The maximum absolute atomic E-state index is 12.7. The molecule has 0 spiro atoms. The molecule has 1 heterocycles. The second kappa shape index (κ2) is 8.50. The van der Waals surface area contributed by atoms with Gasteiger partial charge in [-0.1, -0.05) is 5.16 Å². The van der Waals surface area contributed by atoms with Crippen molar-refractivity contribution in [3.8, 4) is 28.6 Å². The zero-order valence-electron chi connectivity index (χ0n) is 16.4. The fraction of sp³-hybridized carbons (Fsp3) is 0.263. The number of sulfonamides is 1. The number of methoxy groups -OCH3 is 3. The molecule has 0 amide bonds. The molecule has 0 radical (unpaired) electrons. The number of hydrogen-bond acceptors (Lipinski definition) is 8. The van der Waals surface area contributed by atoms with Gasteiger partial charge in [-0.15, -0.1) is 0 Å². The van der Waals surface area contributed by atoms with Gasteiger partial charge in [0.25, 0.3) is 0 Å². The molecule has 2 aromatic carbocycles. The van der Waals surface area contributed by atoms with Gasteiger partial charge < -0.3 is 18.7 Å². The molecular formula is C19H21N3O6S. The SMILES string of the molecule is COc1ccc(S(=O)(=O)N(C)Cc2nc(-c3ccc(OC)c(OC)c3)no2)cc1. The summed E-state index contributed by atoms with van der Waals surface area (Å²) >= 11 is 0. The monoisotopic (exact) mass is 419 g/mol. The van der Waals surface area contributed by atoms with Gasteiger partial charge in [0.05, 0.1) is 32.8 Å². The van der Waals surface area contributed by atoms with Crippen LogP contribution in [0.2, 0.25) is 0 Å². The van der Waals surface area contributed by atoms with Crippen molar-refractivity contribution < 1.29 is 27.2 Å². The highest BCUT2D eigenvalue weighted by Gasteiger charge is 2.23. The third-order valence-corrected chi connectivity index (χ3v) is 6.05.